The van der Waals surface area contributed by atoms with Gasteiger partial charge in [-0.3, -0.25) is 0 Å². The third kappa shape index (κ3) is 2.02. The maximum Gasteiger partial charge on any atom is 0.135 e. The molecule has 1 unspecified atom stereocenters. The van der Waals surface area contributed by atoms with Crippen molar-refractivity contribution in [1.29, 1.82) is 0 Å². The Morgan fingerprint density at radius 1 is 1.24 bits per heavy atom. The van der Waals surface area contributed by atoms with E-state index < -0.39 is 0 Å². The molecule has 1 heterocycles. The van der Waals surface area contributed by atoms with Crippen LogP contribution in [-0.4, -0.2) is 0 Å². The van der Waals surface area contributed by atoms with Crippen LogP contribution in [0.3, 0.4) is 0 Å². The van der Waals surface area contributed by atoms with Gasteiger partial charge in [0.05, 0.1) is 0 Å². The molecule has 2 aromatic rings. The third-order valence-electron chi connectivity index (χ3n) is 3.16. The Kier molecular flexibility index (Phi) is 3.37. The molecule has 1 atom stereocenters. The summed E-state index contributed by atoms with van der Waals surface area (Å²) in [5.41, 5.74) is 3.66. The van der Waals surface area contributed by atoms with E-state index in [-0.39, 0.29) is 0 Å². The number of furan rings is 1. The minimum atomic E-state index is 0.578. The predicted molar refractivity (Wildman–Crippen MR) is 74.4 cm³/mol. The summed E-state index contributed by atoms with van der Waals surface area (Å²) in [5.74, 6) is 1.63. The highest BCUT2D eigenvalue weighted by Gasteiger charge is 2.19. The number of fused-ring (bicyclic) bond motifs is 3. The summed E-state index contributed by atoms with van der Waals surface area (Å²) >= 11 is 0. The lowest BCUT2D eigenvalue weighted by Gasteiger charge is -2.12. The standard InChI is InChI=1S/C14H14O.C2H6/c1-9-6-7-11-13(8-9)15-12-5-3-4-10(2)14(11)12;1-2/h3,5-8,10H,4H2,1-2H3;1-2H3. The first-order valence-electron chi connectivity index (χ1n) is 6.45. The first-order chi connectivity index (χ1) is 8.25. The number of hydrogen-bond donors (Lipinski definition) is 0. The van der Waals surface area contributed by atoms with E-state index >= 15 is 0 Å². The van der Waals surface area contributed by atoms with E-state index in [0.717, 1.165) is 17.8 Å². The largest absolute Gasteiger partial charge is 0.456 e. The summed E-state index contributed by atoms with van der Waals surface area (Å²) in [7, 11) is 0. The highest BCUT2D eigenvalue weighted by Crippen LogP contribution is 2.37. The fourth-order valence-corrected chi connectivity index (χ4v) is 2.37. The molecule has 0 spiro atoms. The molecular formula is C16H20O. The smallest absolute Gasteiger partial charge is 0.135 e. The van der Waals surface area contributed by atoms with Crippen LogP contribution in [0.5, 0.6) is 0 Å². The van der Waals surface area contributed by atoms with E-state index in [1.807, 2.05) is 13.8 Å². The molecule has 0 saturated carbocycles. The molecule has 3 rings (SSSR count). The molecule has 0 aliphatic heterocycles. The van der Waals surface area contributed by atoms with Crippen LogP contribution in [-0.2, 0) is 0 Å². The quantitative estimate of drug-likeness (QED) is 0.597. The maximum atomic E-state index is 5.85. The van der Waals surface area contributed by atoms with E-state index in [0.29, 0.717) is 5.92 Å². The van der Waals surface area contributed by atoms with Crippen molar-refractivity contribution in [2.75, 3.05) is 0 Å². The molecule has 1 aromatic heterocycles. The van der Waals surface area contributed by atoms with Crippen LogP contribution < -0.4 is 0 Å². The first kappa shape index (κ1) is 12.0. The van der Waals surface area contributed by atoms with E-state index in [2.05, 4.69) is 44.2 Å². The number of aryl methyl sites for hydroxylation is 1. The van der Waals surface area contributed by atoms with Crippen molar-refractivity contribution in [3.05, 3.63) is 41.2 Å². The van der Waals surface area contributed by atoms with Crippen molar-refractivity contribution < 1.29 is 4.42 Å². The van der Waals surface area contributed by atoms with Gasteiger partial charge in [0.15, 0.2) is 0 Å². The summed E-state index contributed by atoms with van der Waals surface area (Å²) in [6.45, 7) is 8.36. The molecule has 0 fully saturated rings. The van der Waals surface area contributed by atoms with E-state index in [1.165, 1.54) is 16.5 Å². The minimum Gasteiger partial charge on any atom is -0.456 e. The minimum absolute atomic E-state index is 0.578. The van der Waals surface area contributed by atoms with Crippen LogP contribution in [0.25, 0.3) is 17.0 Å². The van der Waals surface area contributed by atoms with Crippen molar-refractivity contribution in [3.63, 3.8) is 0 Å². The fraction of sp³-hybridized carbons (Fsp3) is 0.375. The second-order valence-electron chi connectivity index (χ2n) is 4.42. The normalized spacial score (nSPS) is 17.5. The van der Waals surface area contributed by atoms with Crippen LogP contribution in [0.2, 0.25) is 0 Å². The fourth-order valence-electron chi connectivity index (χ4n) is 2.37. The van der Waals surface area contributed by atoms with E-state index in [9.17, 15) is 0 Å². The molecule has 0 amide bonds. The van der Waals surface area contributed by atoms with Gasteiger partial charge in [-0.25, -0.2) is 0 Å². The molecule has 0 saturated heterocycles. The highest BCUT2D eigenvalue weighted by atomic mass is 16.3. The lowest BCUT2D eigenvalue weighted by atomic mass is 9.91. The zero-order valence-electron chi connectivity index (χ0n) is 11.1. The van der Waals surface area contributed by atoms with Gasteiger partial charge in [-0.15, -0.1) is 0 Å². The summed E-state index contributed by atoms with van der Waals surface area (Å²) in [4.78, 5) is 0. The average Bonchev–Trinajstić information content (AvgIpc) is 2.70. The molecule has 1 aliphatic rings. The molecule has 0 radical (unpaired) electrons. The van der Waals surface area contributed by atoms with Gasteiger partial charge in [0.2, 0.25) is 0 Å². The van der Waals surface area contributed by atoms with Crippen LogP contribution >= 0.6 is 0 Å². The Bertz CT molecular complexity index is 546. The number of hydrogen-bond acceptors (Lipinski definition) is 1. The number of rotatable bonds is 0. The summed E-state index contributed by atoms with van der Waals surface area (Å²) < 4.78 is 5.85. The van der Waals surface area contributed by atoms with Gasteiger partial charge in [-0.05, 0) is 37.0 Å². The molecule has 1 nitrogen and oxygen atoms in total. The van der Waals surface area contributed by atoms with Gasteiger partial charge in [0.25, 0.3) is 0 Å². The topological polar surface area (TPSA) is 13.1 Å². The maximum absolute atomic E-state index is 5.85. The van der Waals surface area contributed by atoms with Gasteiger partial charge in [-0.1, -0.05) is 39.0 Å². The zero-order valence-corrected chi connectivity index (χ0v) is 11.1. The van der Waals surface area contributed by atoms with E-state index in [1.54, 1.807) is 0 Å². The lowest BCUT2D eigenvalue weighted by molar-refractivity contribution is 0.586. The van der Waals surface area contributed by atoms with Gasteiger partial charge in [0, 0.05) is 10.9 Å². The summed E-state index contributed by atoms with van der Waals surface area (Å²) in [6, 6.07) is 6.46. The van der Waals surface area contributed by atoms with Gasteiger partial charge < -0.3 is 4.42 Å². The molecule has 1 heteroatoms. The SMILES string of the molecule is CC.Cc1ccc2c3c(oc2c1)C=CCC3C. The second kappa shape index (κ2) is 4.79. The Balaban J connectivity index is 0.000000514. The van der Waals surface area contributed by atoms with Crippen LogP contribution in [0.4, 0.5) is 0 Å². The molecule has 1 aromatic carbocycles. The van der Waals surface area contributed by atoms with Crippen LogP contribution in [0.15, 0.2) is 28.7 Å². The van der Waals surface area contributed by atoms with Crippen molar-refractivity contribution in [2.45, 2.75) is 40.0 Å². The zero-order chi connectivity index (χ0) is 12.4. The third-order valence-corrected chi connectivity index (χ3v) is 3.16. The van der Waals surface area contributed by atoms with E-state index in [4.69, 9.17) is 4.42 Å². The van der Waals surface area contributed by atoms with Crippen LogP contribution in [0, 0.1) is 6.92 Å². The van der Waals surface area contributed by atoms with Gasteiger partial charge in [-0.2, -0.15) is 0 Å². The Labute approximate surface area is 103 Å². The molecular weight excluding hydrogens is 208 g/mol. The van der Waals surface area contributed by atoms with Crippen molar-refractivity contribution in [1.82, 2.24) is 0 Å². The Hall–Kier alpha value is -1.50. The van der Waals surface area contributed by atoms with Gasteiger partial charge in [0.1, 0.15) is 11.3 Å². The first-order valence-corrected chi connectivity index (χ1v) is 6.45. The molecule has 0 bridgehead atoms. The van der Waals surface area contributed by atoms with Gasteiger partial charge >= 0.3 is 0 Å². The molecule has 0 N–H and O–H groups in total. The monoisotopic (exact) mass is 228 g/mol. The summed E-state index contributed by atoms with van der Waals surface area (Å²) in [6.07, 6.45) is 5.42. The number of benzene rings is 1. The Morgan fingerprint density at radius 2 is 2.00 bits per heavy atom. The Morgan fingerprint density at radius 3 is 2.76 bits per heavy atom. The van der Waals surface area contributed by atoms with Crippen molar-refractivity contribution >= 4 is 17.0 Å². The van der Waals surface area contributed by atoms with Crippen LogP contribution in [0.1, 0.15) is 50.0 Å². The molecule has 1 aliphatic carbocycles. The summed E-state index contributed by atoms with van der Waals surface area (Å²) in [5, 5.41) is 1.28. The number of allylic oxidation sites excluding steroid dienone is 1. The molecule has 90 valence electrons. The highest BCUT2D eigenvalue weighted by molar-refractivity contribution is 5.86. The second-order valence-corrected chi connectivity index (χ2v) is 4.42. The lowest BCUT2D eigenvalue weighted by Crippen LogP contribution is -1.96. The molecule has 17 heavy (non-hydrogen) atoms. The average molecular weight is 228 g/mol. The van der Waals surface area contributed by atoms with Crippen molar-refractivity contribution in [2.24, 2.45) is 0 Å². The predicted octanol–water partition coefficient (Wildman–Crippen LogP) is 5.29. The van der Waals surface area contributed by atoms with Crippen molar-refractivity contribution in [3.8, 4) is 0 Å².